The van der Waals surface area contributed by atoms with Crippen molar-refractivity contribution in [3.8, 4) is 23.0 Å². The van der Waals surface area contributed by atoms with Crippen molar-refractivity contribution in [2.24, 2.45) is 0 Å². The average molecular weight is 1100 g/mol. The highest BCUT2D eigenvalue weighted by Gasteiger charge is 2.13. The van der Waals surface area contributed by atoms with Crippen LogP contribution in [0.2, 0.25) is 0 Å². The molecule has 2 heterocycles. The van der Waals surface area contributed by atoms with Gasteiger partial charge in [0.15, 0.2) is 11.2 Å². The largest absolute Gasteiger partial charge is 0.494 e. The van der Waals surface area contributed by atoms with E-state index in [1.807, 2.05) is 48.6 Å². The molecule has 0 aliphatic heterocycles. The van der Waals surface area contributed by atoms with E-state index in [0.29, 0.717) is 60.4 Å². The number of rotatable bonds is 52. The summed E-state index contributed by atoms with van der Waals surface area (Å²) in [6.45, 7) is 11.9. The lowest BCUT2D eigenvalue weighted by Crippen LogP contribution is -2.01. The fraction of sp³-hybridized carbons (Fsp3) is 0.667. The van der Waals surface area contributed by atoms with Crippen molar-refractivity contribution >= 4 is 46.5 Å². The van der Waals surface area contributed by atoms with Crippen LogP contribution < -0.4 is 18.9 Å². The maximum absolute atomic E-state index is 6.43. The van der Waals surface area contributed by atoms with Gasteiger partial charge in [0.2, 0.25) is 11.8 Å². The Bertz CT molecular complexity index is 2150. The van der Waals surface area contributed by atoms with Gasteiger partial charge in [-0.05, 0) is 74.2 Å². The first-order valence-corrected chi connectivity index (χ1v) is 33.5. The van der Waals surface area contributed by atoms with Crippen LogP contribution >= 0.6 is 0 Å². The fourth-order valence-corrected chi connectivity index (χ4v) is 10.7. The predicted octanol–water partition coefficient (Wildman–Crippen LogP) is 23.5. The first kappa shape index (κ1) is 66.1. The van der Waals surface area contributed by atoms with E-state index in [-0.39, 0.29) is 0 Å². The molecule has 0 atom stereocenters. The Labute approximate surface area is 487 Å². The van der Waals surface area contributed by atoms with Gasteiger partial charge in [0.1, 0.15) is 34.0 Å². The molecular formula is C72H112N2O6. The molecule has 3 aromatic carbocycles. The van der Waals surface area contributed by atoms with Gasteiger partial charge >= 0.3 is 0 Å². The Morgan fingerprint density at radius 3 is 0.850 bits per heavy atom. The van der Waals surface area contributed by atoms with Gasteiger partial charge in [-0.25, -0.2) is 9.97 Å². The highest BCUT2D eigenvalue weighted by Crippen LogP contribution is 2.31. The Kier molecular flexibility index (Phi) is 36.3. The van der Waals surface area contributed by atoms with Gasteiger partial charge in [-0.3, -0.25) is 0 Å². The summed E-state index contributed by atoms with van der Waals surface area (Å²) in [5, 5.41) is 0. The van der Waals surface area contributed by atoms with E-state index < -0.39 is 0 Å². The molecule has 5 rings (SSSR count). The van der Waals surface area contributed by atoms with Crippen molar-refractivity contribution in [2.75, 3.05) is 26.4 Å². The van der Waals surface area contributed by atoms with E-state index in [9.17, 15) is 0 Å². The Balaban J connectivity index is 1.19. The average Bonchev–Trinajstić information content (AvgIpc) is 4.10. The van der Waals surface area contributed by atoms with E-state index in [4.69, 9.17) is 37.7 Å². The maximum Gasteiger partial charge on any atom is 0.220 e. The first-order chi connectivity index (χ1) is 39.6. The van der Waals surface area contributed by atoms with Crippen molar-refractivity contribution in [1.29, 1.82) is 0 Å². The monoisotopic (exact) mass is 1100 g/mol. The van der Waals surface area contributed by atoms with Gasteiger partial charge in [0.25, 0.3) is 0 Å². The summed E-state index contributed by atoms with van der Waals surface area (Å²) in [6, 6.07) is 16.2. The van der Waals surface area contributed by atoms with Gasteiger partial charge < -0.3 is 27.8 Å². The van der Waals surface area contributed by atoms with Crippen LogP contribution in [0, 0.1) is 0 Å². The van der Waals surface area contributed by atoms with Crippen LogP contribution in [0.5, 0.6) is 23.0 Å². The molecule has 446 valence electrons. The van der Waals surface area contributed by atoms with Crippen LogP contribution in [-0.2, 0) is 0 Å². The van der Waals surface area contributed by atoms with E-state index in [1.165, 1.54) is 231 Å². The number of fused-ring (bicyclic) bond motifs is 2. The zero-order valence-corrected chi connectivity index (χ0v) is 51.4. The molecule has 8 nitrogen and oxygen atoms in total. The van der Waals surface area contributed by atoms with Gasteiger partial charge in [0, 0.05) is 35.4 Å². The summed E-state index contributed by atoms with van der Waals surface area (Å²) in [4.78, 5) is 9.73. The molecule has 0 bridgehead atoms. The van der Waals surface area contributed by atoms with E-state index in [1.54, 1.807) is 0 Å². The molecule has 0 saturated heterocycles. The zero-order chi connectivity index (χ0) is 56.2. The zero-order valence-electron chi connectivity index (χ0n) is 51.4. The maximum atomic E-state index is 6.43. The van der Waals surface area contributed by atoms with Crippen LogP contribution in [0.4, 0.5) is 0 Å². The molecule has 5 aromatic rings. The lowest BCUT2D eigenvalue weighted by atomic mass is 10.1. The molecule has 0 spiro atoms. The molecule has 2 aromatic heterocycles. The van der Waals surface area contributed by atoms with Crippen LogP contribution in [0.3, 0.4) is 0 Å². The number of nitrogens with zero attached hydrogens (tertiary/aromatic N) is 2. The molecule has 80 heavy (non-hydrogen) atoms. The number of hydrogen-bond donors (Lipinski definition) is 0. The number of aromatic nitrogens is 2. The fourth-order valence-electron chi connectivity index (χ4n) is 10.7. The first-order valence-electron chi connectivity index (χ1n) is 33.5. The minimum atomic E-state index is 0.505. The number of ether oxygens (including phenoxy) is 4. The molecule has 8 heteroatoms. The molecule has 0 amide bonds. The van der Waals surface area contributed by atoms with E-state index >= 15 is 0 Å². The second kappa shape index (κ2) is 43.9. The smallest absolute Gasteiger partial charge is 0.220 e. The highest BCUT2D eigenvalue weighted by molar-refractivity contribution is 5.90. The Hall–Kier alpha value is -4.72. The van der Waals surface area contributed by atoms with Crippen molar-refractivity contribution in [1.82, 2.24) is 9.97 Å². The van der Waals surface area contributed by atoms with Gasteiger partial charge in [-0.1, -0.05) is 259 Å². The van der Waals surface area contributed by atoms with Crippen LogP contribution in [0.15, 0.2) is 57.4 Å². The van der Waals surface area contributed by atoms with Crippen molar-refractivity contribution < 1.29 is 27.8 Å². The van der Waals surface area contributed by atoms with Crippen molar-refractivity contribution in [2.45, 2.75) is 285 Å². The minimum Gasteiger partial charge on any atom is -0.494 e. The topological polar surface area (TPSA) is 89.0 Å². The summed E-state index contributed by atoms with van der Waals surface area (Å²) in [6.07, 6.45) is 59.9. The molecule has 0 aliphatic carbocycles. The predicted molar refractivity (Wildman–Crippen MR) is 342 cm³/mol. The van der Waals surface area contributed by atoms with Gasteiger partial charge in [0.05, 0.1) is 26.4 Å². The second-order valence-electron chi connectivity index (χ2n) is 23.1. The number of benzene rings is 3. The third-order valence-corrected chi connectivity index (χ3v) is 15.7. The molecule has 0 N–H and O–H groups in total. The molecule has 0 fully saturated rings. The molecule has 0 saturated carbocycles. The van der Waals surface area contributed by atoms with E-state index in [0.717, 1.165) is 59.8 Å². The molecular weight excluding hydrogens is 989 g/mol. The number of hydrogen-bond acceptors (Lipinski definition) is 8. The third-order valence-electron chi connectivity index (χ3n) is 15.7. The lowest BCUT2D eigenvalue weighted by Gasteiger charge is -2.12. The van der Waals surface area contributed by atoms with Crippen LogP contribution in [0.1, 0.15) is 307 Å². The normalized spacial score (nSPS) is 11.8. The van der Waals surface area contributed by atoms with Gasteiger partial charge in [-0.15, -0.1) is 0 Å². The summed E-state index contributed by atoms with van der Waals surface area (Å²) < 4.78 is 38.1. The number of oxazole rings is 2. The van der Waals surface area contributed by atoms with Crippen molar-refractivity contribution in [3.63, 3.8) is 0 Å². The minimum absolute atomic E-state index is 0.505. The summed E-state index contributed by atoms with van der Waals surface area (Å²) >= 11 is 0. The Morgan fingerprint density at radius 2 is 0.562 bits per heavy atom. The molecule has 0 aliphatic rings. The molecule has 0 unspecified atom stereocenters. The molecule has 0 radical (unpaired) electrons. The van der Waals surface area contributed by atoms with Crippen LogP contribution in [-0.4, -0.2) is 36.4 Å². The quantitative estimate of drug-likeness (QED) is 0.0356. The van der Waals surface area contributed by atoms with Crippen molar-refractivity contribution in [3.05, 3.63) is 71.4 Å². The van der Waals surface area contributed by atoms with Gasteiger partial charge in [-0.2, -0.15) is 0 Å². The standard InChI is InChI=1S/C72H112N2O6/c1-5-9-13-17-21-25-29-33-37-41-53-75-63-47-49-67(77-55-43-39-35-31-27-23-19-15-11-7-3)61(57-63)45-51-71-73-65-59-70-66(60-69(65)79-71)74-72(80-70)52-46-62-58-64(76-54-42-38-34-30-26-22-18-14-10-6-2)48-50-68(62)78-56-44-40-36-32-28-24-20-16-12-8-4/h45-52,57-60H,5-44,53-56H2,1-4H3/b51-45+,52-46+. The summed E-state index contributed by atoms with van der Waals surface area (Å²) in [7, 11) is 0. The number of unbranched alkanes of at least 4 members (excludes halogenated alkanes) is 36. The summed E-state index contributed by atoms with van der Waals surface area (Å²) in [5.74, 6) is 4.41. The van der Waals surface area contributed by atoms with Crippen LogP contribution in [0.25, 0.3) is 46.5 Å². The highest BCUT2D eigenvalue weighted by atomic mass is 16.5. The third kappa shape index (κ3) is 28.8. The lowest BCUT2D eigenvalue weighted by molar-refractivity contribution is 0.295. The second-order valence-corrected chi connectivity index (χ2v) is 23.1. The SMILES string of the molecule is CCCCCCCCCCCCOc1ccc(OCCCCCCCCCCCC)c(/C=C/c2nc3cc4oc(/C=C/c5cc(OCCCCCCCCCCCC)ccc5OCCCCCCCCCCCC)nc4cc3o2)c1. The summed E-state index contributed by atoms with van der Waals surface area (Å²) in [5.41, 5.74) is 4.63. The Morgan fingerprint density at radius 1 is 0.300 bits per heavy atom. The van der Waals surface area contributed by atoms with E-state index in [2.05, 4.69) is 52.0 Å².